The molecule has 7 heteroatoms. The number of nitrogens with zero attached hydrogens (tertiary/aromatic N) is 2. The zero-order valence-corrected chi connectivity index (χ0v) is 11.3. The number of anilines is 1. The van der Waals surface area contributed by atoms with E-state index in [0.29, 0.717) is 17.8 Å². The third-order valence-corrected chi connectivity index (χ3v) is 3.49. The highest BCUT2D eigenvalue weighted by atomic mass is 32.1. The number of aromatic nitrogens is 1. The van der Waals surface area contributed by atoms with Crippen LogP contribution < -0.4 is 5.32 Å². The summed E-state index contributed by atoms with van der Waals surface area (Å²) >= 11 is 1.51. The Morgan fingerprint density at radius 1 is 1.47 bits per heavy atom. The molecule has 2 rings (SSSR count). The fraction of sp³-hybridized carbons (Fsp3) is 0.250. The Labute approximate surface area is 113 Å². The van der Waals surface area contributed by atoms with Gasteiger partial charge in [-0.2, -0.15) is 0 Å². The molecule has 0 saturated heterocycles. The van der Waals surface area contributed by atoms with Crippen molar-refractivity contribution < 1.29 is 9.31 Å². The SMILES string of the molecule is Cc1cnc(CNc2cc(C)c(F)cc2[N+](=O)[O-])s1. The van der Waals surface area contributed by atoms with Gasteiger partial charge in [-0.25, -0.2) is 9.37 Å². The fourth-order valence-corrected chi connectivity index (χ4v) is 2.34. The first kappa shape index (κ1) is 13.4. The second-order valence-corrected chi connectivity index (χ2v) is 5.41. The Hall–Kier alpha value is -2.02. The molecular formula is C12H12FN3O2S. The number of thiazole rings is 1. The molecule has 1 aromatic carbocycles. The second-order valence-electron chi connectivity index (χ2n) is 4.09. The molecule has 5 nitrogen and oxygen atoms in total. The lowest BCUT2D eigenvalue weighted by Gasteiger charge is -2.07. The van der Waals surface area contributed by atoms with Gasteiger partial charge in [0.15, 0.2) is 0 Å². The number of benzene rings is 1. The first-order valence-corrected chi connectivity index (χ1v) is 6.38. The quantitative estimate of drug-likeness (QED) is 0.688. The van der Waals surface area contributed by atoms with Crippen molar-refractivity contribution >= 4 is 22.7 Å². The number of rotatable bonds is 4. The van der Waals surface area contributed by atoms with Crippen LogP contribution in [0.2, 0.25) is 0 Å². The molecule has 1 aromatic heterocycles. The fourth-order valence-electron chi connectivity index (χ4n) is 1.62. The zero-order valence-electron chi connectivity index (χ0n) is 10.4. The lowest BCUT2D eigenvalue weighted by atomic mass is 10.2. The minimum atomic E-state index is -0.599. The van der Waals surface area contributed by atoms with Gasteiger partial charge in [0.05, 0.1) is 17.5 Å². The van der Waals surface area contributed by atoms with Crippen molar-refractivity contribution in [3.05, 3.63) is 49.7 Å². The van der Waals surface area contributed by atoms with Gasteiger partial charge in [-0.3, -0.25) is 10.1 Å². The first-order valence-electron chi connectivity index (χ1n) is 5.57. The monoisotopic (exact) mass is 281 g/mol. The van der Waals surface area contributed by atoms with Crippen molar-refractivity contribution in [2.75, 3.05) is 5.32 Å². The molecule has 0 fully saturated rings. The van der Waals surface area contributed by atoms with Gasteiger partial charge in [0.25, 0.3) is 5.69 Å². The molecule has 0 radical (unpaired) electrons. The number of halogens is 1. The highest BCUT2D eigenvalue weighted by Crippen LogP contribution is 2.28. The normalized spacial score (nSPS) is 10.5. The lowest BCUT2D eigenvalue weighted by molar-refractivity contribution is -0.384. The molecule has 0 unspecified atom stereocenters. The number of hydrogen-bond acceptors (Lipinski definition) is 5. The van der Waals surface area contributed by atoms with E-state index < -0.39 is 10.7 Å². The number of nitro groups is 1. The van der Waals surface area contributed by atoms with Gasteiger partial charge in [-0.15, -0.1) is 11.3 Å². The van der Waals surface area contributed by atoms with Crippen LogP contribution in [0, 0.1) is 29.8 Å². The summed E-state index contributed by atoms with van der Waals surface area (Å²) in [5.74, 6) is -0.581. The van der Waals surface area contributed by atoms with Crippen LogP contribution >= 0.6 is 11.3 Å². The smallest absolute Gasteiger partial charge is 0.295 e. The summed E-state index contributed by atoms with van der Waals surface area (Å²) in [5, 5.41) is 14.6. The standard InChI is InChI=1S/C12H12FN3O2S/c1-7-3-10(11(16(17)18)4-9(7)13)14-6-12-15-5-8(2)19-12/h3-5,14H,6H2,1-2H3. The second kappa shape index (κ2) is 5.31. The van der Waals surface area contributed by atoms with E-state index in [1.54, 1.807) is 13.1 Å². The molecular weight excluding hydrogens is 269 g/mol. The molecule has 100 valence electrons. The maximum Gasteiger partial charge on any atom is 0.295 e. The summed E-state index contributed by atoms with van der Waals surface area (Å²) < 4.78 is 13.3. The number of aryl methyl sites for hydroxylation is 2. The molecule has 0 saturated carbocycles. The van der Waals surface area contributed by atoms with Crippen molar-refractivity contribution in [2.45, 2.75) is 20.4 Å². The molecule has 0 aliphatic carbocycles. The summed E-state index contributed by atoms with van der Waals surface area (Å²) in [5.41, 5.74) is 0.400. The predicted octanol–water partition coefficient (Wildman–Crippen LogP) is 3.42. The molecule has 2 aromatic rings. The number of hydrogen-bond donors (Lipinski definition) is 1. The van der Waals surface area contributed by atoms with Crippen molar-refractivity contribution in [1.82, 2.24) is 4.98 Å². The Balaban J connectivity index is 2.23. The Morgan fingerprint density at radius 3 is 2.79 bits per heavy atom. The highest BCUT2D eigenvalue weighted by molar-refractivity contribution is 7.11. The van der Waals surface area contributed by atoms with E-state index in [-0.39, 0.29) is 5.69 Å². The minimum Gasteiger partial charge on any atom is -0.373 e. The van der Waals surface area contributed by atoms with Crippen molar-refractivity contribution in [2.24, 2.45) is 0 Å². The molecule has 0 atom stereocenters. The lowest BCUT2D eigenvalue weighted by Crippen LogP contribution is -2.03. The third kappa shape index (κ3) is 3.05. The van der Waals surface area contributed by atoms with Gasteiger partial charge in [-0.1, -0.05) is 0 Å². The van der Waals surface area contributed by atoms with Gasteiger partial charge >= 0.3 is 0 Å². The van der Waals surface area contributed by atoms with Crippen LogP contribution in [0.15, 0.2) is 18.3 Å². The molecule has 0 aliphatic heterocycles. The Morgan fingerprint density at radius 2 is 2.21 bits per heavy atom. The van der Waals surface area contributed by atoms with E-state index in [4.69, 9.17) is 0 Å². The van der Waals surface area contributed by atoms with Gasteiger partial charge in [0, 0.05) is 11.1 Å². The van der Waals surface area contributed by atoms with Crippen LogP contribution in [0.3, 0.4) is 0 Å². The summed E-state index contributed by atoms with van der Waals surface area (Å²) in [7, 11) is 0. The highest BCUT2D eigenvalue weighted by Gasteiger charge is 2.17. The average molecular weight is 281 g/mol. The van der Waals surface area contributed by atoms with Crippen molar-refractivity contribution in [1.29, 1.82) is 0 Å². The summed E-state index contributed by atoms with van der Waals surface area (Å²) in [4.78, 5) is 15.5. The molecule has 1 N–H and O–H groups in total. The third-order valence-electron chi connectivity index (χ3n) is 2.57. The largest absolute Gasteiger partial charge is 0.373 e. The van der Waals surface area contributed by atoms with Crippen LogP contribution in [0.25, 0.3) is 0 Å². The van der Waals surface area contributed by atoms with Gasteiger partial charge in [0.1, 0.15) is 16.5 Å². The van der Waals surface area contributed by atoms with Crippen molar-refractivity contribution in [3.63, 3.8) is 0 Å². The van der Waals surface area contributed by atoms with E-state index in [1.807, 2.05) is 6.92 Å². The van der Waals surface area contributed by atoms with E-state index in [0.717, 1.165) is 16.0 Å². The topological polar surface area (TPSA) is 68.1 Å². The molecule has 19 heavy (non-hydrogen) atoms. The summed E-state index contributed by atoms with van der Waals surface area (Å²) in [6, 6.07) is 2.37. The number of nitro benzene ring substituents is 1. The van der Waals surface area contributed by atoms with Crippen LogP contribution in [0.4, 0.5) is 15.8 Å². The average Bonchev–Trinajstić information content (AvgIpc) is 2.76. The van der Waals surface area contributed by atoms with Gasteiger partial charge in [-0.05, 0) is 25.5 Å². The maximum absolute atomic E-state index is 13.3. The Bertz CT molecular complexity index is 627. The molecule has 0 spiro atoms. The maximum atomic E-state index is 13.3. The first-order chi connectivity index (χ1) is 8.97. The van der Waals surface area contributed by atoms with Crippen LogP contribution in [-0.2, 0) is 6.54 Å². The molecule has 0 aliphatic rings. The number of nitrogens with one attached hydrogen (secondary N) is 1. The van der Waals surface area contributed by atoms with E-state index in [9.17, 15) is 14.5 Å². The van der Waals surface area contributed by atoms with Gasteiger partial charge < -0.3 is 5.32 Å². The van der Waals surface area contributed by atoms with Crippen LogP contribution in [-0.4, -0.2) is 9.91 Å². The van der Waals surface area contributed by atoms with E-state index >= 15 is 0 Å². The van der Waals surface area contributed by atoms with Crippen LogP contribution in [0.1, 0.15) is 15.4 Å². The summed E-state index contributed by atoms with van der Waals surface area (Å²) in [6.45, 7) is 3.88. The minimum absolute atomic E-state index is 0.267. The van der Waals surface area contributed by atoms with Crippen LogP contribution in [0.5, 0.6) is 0 Å². The molecule has 0 amide bonds. The molecule has 1 heterocycles. The van der Waals surface area contributed by atoms with Gasteiger partial charge in [0.2, 0.25) is 0 Å². The van der Waals surface area contributed by atoms with E-state index in [2.05, 4.69) is 10.3 Å². The summed E-state index contributed by atoms with van der Waals surface area (Å²) in [6.07, 6.45) is 1.74. The van der Waals surface area contributed by atoms with Crippen molar-refractivity contribution in [3.8, 4) is 0 Å². The predicted molar refractivity (Wildman–Crippen MR) is 72.0 cm³/mol. The zero-order chi connectivity index (χ0) is 14.0. The van der Waals surface area contributed by atoms with E-state index in [1.165, 1.54) is 17.4 Å². The molecule has 0 bridgehead atoms. The Kier molecular flexibility index (Phi) is 3.75.